The Balaban J connectivity index is 1.21. The molecule has 1 unspecified atom stereocenters. The highest BCUT2D eigenvalue weighted by molar-refractivity contribution is 6.30. The molecule has 5 nitrogen and oxygen atoms in total. The number of nitrogens with zero attached hydrogens (tertiary/aromatic N) is 3. The van der Waals surface area contributed by atoms with Crippen molar-refractivity contribution < 1.29 is 4.42 Å². The van der Waals surface area contributed by atoms with Crippen molar-refractivity contribution in [3.63, 3.8) is 0 Å². The van der Waals surface area contributed by atoms with E-state index in [9.17, 15) is 0 Å². The third-order valence-corrected chi connectivity index (χ3v) is 11.4. The van der Waals surface area contributed by atoms with Crippen molar-refractivity contribution in [1.82, 2.24) is 9.88 Å². The lowest BCUT2D eigenvalue weighted by Crippen LogP contribution is -2.33. The van der Waals surface area contributed by atoms with Crippen molar-refractivity contribution in [2.75, 3.05) is 0 Å². The largest absolute Gasteiger partial charge is 0.455 e. The summed E-state index contributed by atoms with van der Waals surface area (Å²) >= 11 is 0. The van der Waals surface area contributed by atoms with E-state index >= 15 is 0 Å². The number of hydrogen-bond donors (Lipinski definition) is 1. The minimum atomic E-state index is -0.335. The van der Waals surface area contributed by atoms with Crippen LogP contribution in [0, 0.1) is 0 Å². The van der Waals surface area contributed by atoms with Crippen LogP contribution >= 0.6 is 0 Å². The van der Waals surface area contributed by atoms with Gasteiger partial charge in [-0.2, -0.15) is 0 Å². The summed E-state index contributed by atoms with van der Waals surface area (Å²) in [6.45, 7) is 0. The lowest BCUT2D eigenvalue weighted by molar-refractivity contribution is 0.665. The molecular formula is C51H32N4O. The fraction of sp³-hybridized carbons (Fsp3) is 0.0196. The van der Waals surface area contributed by atoms with E-state index in [1.165, 1.54) is 32.3 Å². The molecule has 3 heterocycles. The third kappa shape index (κ3) is 4.55. The molecular weight excluding hydrogens is 685 g/mol. The highest BCUT2D eigenvalue weighted by atomic mass is 16.3. The molecule has 56 heavy (non-hydrogen) atoms. The van der Waals surface area contributed by atoms with Crippen molar-refractivity contribution in [2.24, 2.45) is 9.98 Å². The van der Waals surface area contributed by atoms with Crippen LogP contribution in [0.5, 0.6) is 0 Å². The van der Waals surface area contributed by atoms with Gasteiger partial charge in [-0.15, -0.1) is 0 Å². The van der Waals surface area contributed by atoms with Gasteiger partial charge < -0.3 is 14.3 Å². The smallest absolute Gasteiger partial charge is 0.163 e. The first kappa shape index (κ1) is 30.9. The Morgan fingerprint density at radius 3 is 1.71 bits per heavy atom. The molecule has 1 atom stereocenters. The topological polar surface area (TPSA) is 54.8 Å². The third-order valence-electron chi connectivity index (χ3n) is 11.4. The van der Waals surface area contributed by atoms with Crippen LogP contribution in [-0.4, -0.2) is 16.2 Å². The SMILES string of the molecule is c1ccc(C2=NC(c3ccc(-n4c5ccc6ccccc6c5c5c6ccccc6ccc54)c4c3oc3c5ccccc5ccc34)=NC(c3ccccc3)N2)cc1. The average Bonchev–Trinajstić information content (AvgIpc) is 3.84. The van der Waals surface area contributed by atoms with Gasteiger partial charge in [0, 0.05) is 27.1 Å². The van der Waals surface area contributed by atoms with E-state index in [-0.39, 0.29) is 6.17 Å². The molecule has 12 rings (SSSR count). The molecule has 0 radical (unpaired) electrons. The Kier molecular flexibility index (Phi) is 6.63. The molecule has 0 bridgehead atoms. The van der Waals surface area contributed by atoms with Gasteiger partial charge >= 0.3 is 0 Å². The molecule has 0 amide bonds. The van der Waals surface area contributed by atoms with E-state index in [1.54, 1.807) is 0 Å². The van der Waals surface area contributed by atoms with Gasteiger partial charge in [0.05, 0.1) is 27.7 Å². The van der Waals surface area contributed by atoms with E-state index in [4.69, 9.17) is 14.4 Å². The summed E-state index contributed by atoms with van der Waals surface area (Å²) in [6.07, 6.45) is -0.335. The Hall–Kier alpha value is -7.50. The average molecular weight is 717 g/mol. The summed E-state index contributed by atoms with van der Waals surface area (Å²) in [5.41, 5.74) is 7.84. The highest BCUT2D eigenvalue weighted by Crippen LogP contribution is 2.45. The molecule has 262 valence electrons. The molecule has 1 aliphatic heterocycles. The van der Waals surface area contributed by atoms with Gasteiger partial charge in [0.25, 0.3) is 0 Å². The van der Waals surface area contributed by atoms with Gasteiger partial charge in [-0.05, 0) is 62.8 Å². The van der Waals surface area contributed by atoms with E-state index < -0.39 is 0 Å². The van der Waals surface area contributed by atoms with Crippen molar-refractivity contribution in [3.8, 4) is 5.69 Å². The predicted octanol–water partition coefficient (Wildman–Crippen LogP) is 12.6. The van der Waals surface area contributed by atoms with Gasteiger partial charge in [0.2, 0.25) is 0 Å². The monoisotopic (exact) mass is 716 g/mol. The number of rotatable bonds is 4. The Labute approximate surface area is 321 Å². The highest BCUT2D eigenvalue weighted by Gasteiger charge is 2.27. The van der Waals surface area contributed by atoms with Gasteiger partial charge in [0.15, 0.2) is 5.84 Å². The number of aliphatic imine (C=N–C) groups is 2. The summed E-state index contributed by atoms with van der Waals surface area (Å²) in [5.74, 6) is 1.39. The van der Waals surface area contributed by atoms with Crippen LogP contribution in [0.15, 0.2) is 196 Å². The Morgan fingerprint density at radius 2 is 1.04 bits per heavy atom. The van der Waals surface area contributed by atoms with Gasteiger partial charge in [-0.1, -0.05) is 152 Å². The first-order valence-electron chi connectivity index (χ1n) is 19.0. The number of nitrogens with one attached hydrogen (secondary N) is 1. The Morgan fingerprint density at radius 1 is 0.464 bits per heavy atom. The number of fused-ring (bicyclic) bond motifs is 12. The Bertz CT molecular complexity index is 3350. The minimum absolute atomic E-state index is 0.335. The number of amidine groups is 2. The van der Waals surface area contributed by atoms with Gasteiger partial charge in [-0.3, -0.25) is 0 Å². The van der Waals surface area contributed by atoms with Crippen molar-refractivity contribution >= 4 is 87.7 Å². The van der Waals surface area contributed by atoms with Gasteiger partial charge in [0.1, 0.15) is 23.2 Å². The maximum atomic E-state index is 7.15. The maximum absolute atomic E-state index is 7.15. The van der Waals surface area contributed by atoms with Crippen LogP contribution in [0.2, 0.25) is 0 Å². The van der Waals surface area contributed by atoms with E-state index in [1.807, 2.05) is 24.3 Å². The molecule has 1 N–H and O–H groups in total. The fourth-order valence-electron chi connectivity index (χ4n) is 8.88. The lowest BCUT2D eigenvalue weighted by Gasteiger charge is -2.23. The summed E-state index contributed by atoms with van der Waals surface area (Å²) in [6, 6.07) is 64.4. The summed E-state index contributed by atoms with van der Waals surface area (Å²) < 4.78 is 9.59. The van der Waals surface area contributed by atoms with Crippen LogP contribution < -0.4 is 5.32 Å². The van der Waals surface area contributed by atoms with Crippen LogP contribution in [-0.2, 0) is 0 Å². The van der Waals surface area contributed by atoms with Gasteiger partial charge in [-0.25, -0.2) is 9.98 Å². The van der Waals surface area contributed by atoms with E-state index in [0.717, 1.165) is 72.0 Å². The minimum Gasteiger partial charge on any atom is -0.455 e. The zero-order valence-corrected chi connectivity index (χ0v) is 30.1. The second-order valence-electron chi connectivity index (χ2n) is 14.5. The van der Waals surface area contributed by atoms with Crippen molar-refractivity contribution in [2.45, 2.75) is 6.17 Å². The van der Waals surface area contributed by atoms with Crippen LogP contribution in [0.25, 0.3) is 81.7 Å². The molecule has 0 fully saturated rings. The number of aromatic nitrogens is 1. The number of furan rings is 1. The molecule has 9 aromatic carbocycles. The quantitative estimate of drug-likeness (QED) is 0.197. The normalized spacial score (nSPS) is 14.6. The maximum Gasteiger partial charge on any atom is 0.163 e. The summed E-state index contributed by atoms with van der Waals surface area (Å²) in [4.78, 5) is 10.5. The standard InChI is InChI=1S/C51H32N4O/c1-3-16-34(17-4-1)49-52-50(35-18-5-2-6-19-35)54-51(53-49)40-27-30-43(46-39-26-23-33-15-9-12-22-38(33)47(39)56-48(40)46)55-41-28-24-31-13-7-10-20-36(31)44(41)45-37-21-11-8-14-32(37)25-29-42(45)55/h1-30,49H,(H,52,53,54). The zero-order valence-electron chi connectivity index (χ0n) is 30.1. The van der Waals surface area contributed by atoms with Crippen molar-refractivity contribution in [1.29, 1.82) is 0 Å². The summed E-state index contributed by atoms with van der Waals surface area (Å²) in [5, 5.41) is 15.3. The fourth-order valence-corrected chi connectivity index (χ4v) is 8.88. The molecule has 0 saturated heterocycles. The second kappa shape index (κ2) is 12.0. The van der Waals surface area contributed by atoms with Crippen molar-refractivity contribution in [3.05, 3.63) is 199 Å². The van der Waals surface area contributed by atoms with Crippen LogP contribution in [0.3, 0.4) is 0 Å². The molecule has 0 saturated carbocycles. The first-order chi connectivity index (χ1) is 27.8. The first-order valence-corrected chi connectivity index (χ1v) is 19.0. The predicted molar refractivity (Wildman–Crippen MR) is 232 cm³/mol. The molecule has 5 heteroatoms. The summed E-state index contributed by atoms with van der Waals surface area (Å²) in [7, 11) is 0. The second-order valence-corrected chi connectivity index (χ2v) is 14.5. The van der Waals surface area contributed by atoms with E-state index in [0.29, 0.717) is 5.84 Å². The molecule has 2 aromatic heterocycles. The number of benzene rings is 9. The zero-order chi connectivity index (χ0) is 36.7. The van der Waals surface area contributed by atoms with Crippen LogP contribution in [0.4, 0.5) is 0 Å². The molecule has 0 spiro atoms. The van der Waals surface area contributed by atoms with E-state index in [2.05, 4.69) is 168 Å². The number of hydrogen-bond acceptors (Lipinski definition) is 4. The molecule has 1 aliphatic rings. The molecule has 11 aromatic rings. The van der Waals surface area contributed by atoms with Crippen LogP contribution in [0.1, 0.15) is 22.9 Å². The molecule has 0 aliphatic carbocycles. The lowest BCUT2D eigenvalue weighted by atomic mass is 10.00.